The number of rotatable bonds is 14. The Morgan fingerprint density at radius 2 is 1.20 bits per heavy atom. The van der Waals surface area contributed by atoms with Gasteiger partial charge in [0.25, 0.3) is 0 Å². The second kappa shape index (κ2) is 22.0. The zero-order chi connectivity index (χ0) is 41.3. The first kappa shape index (κ1) is 43.0. The first-order valence-corrected chi connectivity index (χ1v) is 21.7. The zero-order valence-electron chi connectivity index (χ0n) is 33.0. The quantitative estimate of drug-likeness (QED) is 0.0649. The van der Waals surface area contributed by atoms with E-state index in [-0.39, 0.29) is 5.75 Å². The third-order valence-electron chi connectivity index (χ3n) is 9.66. The second-order valence-electron chi connectivity index (χ2n) is 14.4. The number of aromatic hydroxyl groups is 1. The second-order valence-corrected chi connectivity index (χ2v) is 16.9. The Kier molecular flexibility index (Phi) is 16.0. The summed E-state index contributed by atoms with van der Waals surface area (Å²) in [5, 5.41) is 9.67. The maximum Gasteiger partial charge on any atom is 0.119 e. The molecule has 0 aliphatic heterocycles. The highest BCUT2D eigenvalue weighted by atomic mass is 127. The minimum atomic E-state index is 0.265. The summed E-state index contributed by atoms with van der Waals surface area (Å²) in [6.07, 6.45) is 22.0. The molecule has 0 bridgehead atoms. The SMILES string of the molecule is CC1(COC(/C=C\c2ccc(-c3ccccc3)cc2)=C/C=C/C=C(I)\C=C/C=C/N)CC1.Oc1ccc(N(c2ccc(-c3ccccc3)cc2)c2cccc(I)c2)cc1. The minimum absolute atomic E-state index is 0.265. The van der Waals surface area contributed by atoms with Crippen molar-refractivity contribution in [2.24, 2.45) is 11.1 Å². The lowest BCUT2D eigenvalue weighted by atomic mass is 10.0. The van der Waals surface area contributed by atoms with E-state index < -0.39 is 0 Å². The fraction of sp³-hybridized carbons (Fsp3) is 0.0943. The Labute approximate surface area is 376 Å². The summed E-state index contributed by atoms with van der Waals surface area (Å²) in [5.41, 5.74) is 14.8. The van der Waals surface area contributed by atoms with Crippen LogP contribution in [0.15, 0.2) is 222 Å². The van der Waals surface area contributed by atoms with Crippen molar-refractivity contribution in [3.8, 4) is 28.0 Å². The van der Waals surface area contributed by atoms with Gasteiger partial charge in [-0.05, 0) is 177 Å². The Balaban J connectivity index is 0.000000201. The van der Waals surface area contributed by atoms with Gasteiger partial charge in [-0.2, -0.15) is 0 Å². The summed E-state index contributed by atoms with van der Waals surface area (Å²) in [6, 6.07) is 53.6. The number of hydrogen-bond donors (Lipinski definition) is 2. The Bertz CT molecular complexity index is 2410. The predicted octanol–water partition coefficient (Wildman–Crippen LogP) is 15.1. The van der Waals surface area contributed by atoms with Crippen molar-refractivity contribution in [1.29, 1.82) is 0 Å². The van der Waals surface area contributed by atoms with E-state index in [0.717, 1.165) is 38.6 Å². The molecule has 1 aliphatic carbocycles. The van der Waals surface area contributed by atoms with Crippen LogP contribution in [-0.2, 0) is 4.74 Å². The largest absolute Gasteiger partial charge is 0.508 e. The number of phenolic OH excluding ortho intramolecular Hbond substituents is 1. The van der Waals surface area contributed by atoms with E-state index in [1.807, 2.05) is 66.8 Å². The molecule has 0 aromatic heterocycles. The Morgan fingerprint density at radius 3 is 1.78 bits per heavy atom. The van der Waals surface area contributed by atoms with Crippen LogP contribution in [0.3, 0.4) is 0 Å². The van der Waals surface area contributed by atoms with Crippen molar-refractivity contribution in [3.05, 3.63) is 231 Å². The lowest BCUT2D eigenvalue weighted by molar-refractivity contribution is 0.172. The van der Waals surface area contributed by atoms with E-state index in [2.05, 4.69) is 184 Å². The highest BCUT2D eigenvalue weighted by Gasteiger charge is 2.38. The van der Waals surface area contributed by atoms with Crippen molar-refractivity contribution in [3.63, 3.8) is 0 Å². The number of nitrogens with two attached hydrogens (primary N) is 1. The van der Waals surface area contributed by atoms with Gasteiger partial charge in [-0.25, -0.2) is 0 Å². The molecule has 6 aromatic rings. The highest BCUT2D eigenvalue weighted by Crippen LogP contribution is 2.45. The molecule has 0 atom stereocenters. The van der Waals surface area contributed by atoms with E-state index in [1.165, 1.54) is 44.9 Å². The molecule has 0 spiro atoms. The van der Waals surface area contributed by atoms with Crippen LogP contribution in [0.5, 0.6) is 5.75 Å². The van der Waals surface area contributed by atoms with Crippen LogP contribution in [0.2, 0.25) is 0 Å². The van der Waals surface area contributed by atoms with Crippen LogP contribution in [-0.4, -0.2) is 11.7 Å². The monoisotopic (exact) mass is 998 g/mol. The molecular weight excluding hydrogens is 950 g/mol. The molecule has 7 rings (SSSR count). The maximum absolute atomic E-state index is 9.67. The first-order chi connectivity index (χ1) is 28.8. The highest BCUT2D eigenvalue weighted by molar-refractivity contribution is 14.1. The van der Waals surface area contributed by atoms with Crippen LogP contribution in [0, 0.1) is 8.99 Å². The van der Waals surface area contributed by atoms with Crippen molar-refractivity contribution in [1.82, 2.24) is 0 Å². The van der Waals surface area contributed by atoms with Crippen LogP contribution in [0.25, 0.3) is 28.3 Å². The van der Waals surface area contributed by atoms with Crippen molar-refractivity contribution in [2.75, 3.05) is 11.5 Å². The predicted molar refractivity (Wildman–Crippen MR) is 267 cm³/mol. The van der Waals surface area contributed by atoms with Crippen LogP contribution in [0.4, 0.5) is 17.1 Å². The van der Waals surface area contributed by atoms with Gasteiger partial charge in [0.1, 0.15) is 11.5 Å². The summed E-state index contributed by atoms with van der Waals surface area (Å²) < 4.78 is 8.43. The van der Waals surface area contributed by atoms with E-state index in [1.54, 1.807) is 18.2 Å². The molecule has 4 nitrogen and oxygen atoms in total. The average molecular weight is 999 g/mol. The standard InChI is InChI=1S/C29H30INO.C24H18INO/c1-29(20-21-29)23-32-28(13-6-5-11-27(30)12-7-8-22-31)19-16-24-14-17-26(18-15-24)25-9-3-2-4-10-25;25-20-7-4-8-23(17-20)26(22-13-15-24(27)16-14-22)21-11-9-19(10-12-21)18-5-2-1-3-6-18/h2-19,22H,20-21,23,31H2,1H3;1-17,27H/b6-5+,12-7-,19-16-,22-8+,27-11+,28-13+;. The smallest absolute Gasteiger partial charge is 0.119 e. The minimum Gasteiger partial charge on any atom is -0.508 e. The molecule has 59 heavy (non-hydrogen) atoms. The number of benzene rings is 6. The van der Waals surface area contributed by atoms with E-state index in [4.69, 9.17) is 10.5 Å². The summed E-state index contributed by atoms with van der Waals surface area (Å²) in [5.74, 6) is 1.13. The third-order valence-corrected chi connectivity index (χ3v) is 11.1. The molecule has 296 valence electrons. The summed E-state index contributed by atoms with van der Waals surface area (Å²) in [4.78, 5) is 2.19. The normalized spacial score (nSPS) is 13.8. The fourth-order valence-electron chi connectivity index (χ4n) is 6.03. The van der Waals surface area contributed by atoms with Gasteiger partial charge in [0.2, 0.25) is 0 Å². The van der Waals surface area contributed by atoms with Gasteiger partial charge in [0.15, 0.2) is 0 Å². The number of nitrogens with zero attached hydrogens (tertiary/aromatic N) is 1. The molecular formula is C53H48I2N2O2. The Hall–Kier alpha value is -5.58. The fourth-order valence-corrected chi connectivity index (χ4v) is 6.97. The number of ether oxygens (including phenoxy) is 1. The third kappa shape index (κ3) is 13.8. The molecule has 6 aromatic carbocycles. The van der Waals surface area contributed by atoms with Gasteiger partial charge < -0.3 is 20.5 Å². The zero-order valence-corrected chi connectivity index (χ0v) is 37.4. The molecule has 3 N–H and O–H groups in total. The molecule has 0 amide bonds. The van der Waals surface area contributed by atoms with Gasteiger partial charge in [-0.3, -0.25) is 0 Å². The van der Waals surface area contributed by atoms with Crippen LogP contribution in [0.1, 0.15) is 25.3 Å². The van der Waals surface area contributed by atoms with Gasteiger partial charge in [0.05, 0.1) is 6.61 Å². The average Bonchev–Trinajstić information content (AvgIpc) is 4.02. The van der Waals surface area contributed by atoms with Crippen molar-refractivity contribution in [2.45, 2.75) is 19.8 Å². The molecule has 0 heterocycles. The number of phenols is 1. The number of hydrogen-bond acceptors (Lipinski definition) is 4. The lowest BCUT2D eigenvalue weighted by Gasteiger charge is -2.26. The molecule has 0 saturated heterocycles. The molecule has 0 unspecified atom stereocenters. The van der Waals surface area contributed by atoms with E-state index >= 15 is 0 Å². The molecule has 1 saturated carbocycles. The van der Waals surface area contributed by atoms with Crippen LogP contribution >= 0.6 is 45.2 Å². The van der Waals surface area contributed by atoms with Crippen molar-refractivity contribution < 1.29 is 9.84 Å². The first-order valence-electron chi connectivity index (χ1n) is 19.5. The van der Waals surface area contributed by atoms with Gasteiger partial charge >= 0.3 is 0 Å². The maximum atomic E-state index is 9.67. The molecule has 1 aliphatic rings. The summed E-state index contributed by atoms with van der Waals surface area (Å²) >= 11 is 4.62. The summed E-state index contributed by atoms with van der Waals surface area (Å²) in [7, 11) is 0. The molecule has 0 radical (unpaired) electrons. The number of halogens is 2. The van der Waals surface area contributed by atoms with Gasteiger partial charge in [-0.15, -0.1) is 0 Å². The molecule has 1 fully saturated rings. The number of allylic oxidation sites excluding steroid dienone is 9. The molecule has 6 heteroatoms. The van der Waals surface area contributed by atoms with Gasteiger partial charge in [0, 0.05) is 29.6 Å². The summed E-state index contributed by atoms with van der Waals surface area (Å²) in [6.45, 7) is 3.03. The van der Waals surface area contributed by atoms with Crippen molar-refractivity contribution >= 4 is 68.3 Å². The van der Waals surface area contributed by atoms with Gasteiger partial charge in [-0.1, -0.05) is 134 Å². The number of anilines is 3. The topological polar surface area (TPSA) is 58.7 Å². The van der Waals surface area contributed by atoms with E-state index in [9.17, 15) is 5.11 Å². The lowest BCUT2D eigenvalue weighted by Crippen LogP contribution is -2.09. The van der Waals surface area contributed by atoms with E-state index in [0.29, 0.717) is 5.41 Å². The van der Waals surface area contributed by atoms with Crippen LogP contribution < -0.4 is 10.6 Å². The Morgan fingerprint density at radius 1 is 0.644 bits per heavy atom.